The van der Waals surface area contributed by atoms with Gasteiger partial charge in [0.1, 0.15) is 6.61 Å². The highest BCUT2D eigenvalue weighted by atomic mass is 127. The highest BCUT2D eigenvalue weighted by Gasteiger charge is 2.29. The van der Waals surface area contributed by atoms with Crippen molar-refractivity contribution in [2.45, 2.75) is 22.3 Å². The molecule has 0 bridgehead atoms. The van der Waals surface area contributed by atoms with Crippen LogP contribution >= 0.6 is 31.0 Å². The second kappa shape index (κ2) is 8.05. The molecule has 2 aromatic carbocycles. The molecule has 0 spiro atoms. The summed E-state index contributed by atoms with van der Waals surface area (Å²) in [5, 5.41) is 0. The number of benzene rings is 2. The standard InChI is InChI=1S/C18H17B2IO2P/c1-11(17(19)21)24-20-18(22)23-10-16-14-8-4-2-6-12(14)13-7-3-5-9-15(13)16/h2-9,11,16-17,24H,10H2,1H3/i24D. The molecule has 0 fully saturated rings. The zero-order valence-electron chi connectivity index (χ0n) is 14.4. The first-order valence-corrected chi connectivity index (χ1v) is 10.1. The summed E-state index contributed by atoms with van der Waals surface area (Å²) >= 11 is 2.09. The van der Waals surface area contributed by atoms with Crippen molar-refractivity contribution in [1.82, 2.24) is 0 Å². The molecular formula is C18H17B2IO2P. The van der Waals surface area contributed by atoms with E-state index in [4.69, 9.17) is 13.9 Å². The molecule has 2 nitrogen and oxygen atoms in total. The Labute approximate surface area is 162 Å². The van der Waals surface area contributed by atoms with Crippen LogP contribution in [0.2, 0.25) is 0 Å². The number of hydrogen-bond acceptors (Lipinski definition) is 2. The Kier molecular flexibility index (Phi) is 5.59. The molecule has 0 aliphatic heterocycles. The fourth-order valence-corrected chi connectivity index (χ4v) is 4.06. The maximum atomic E-state index is 12.1. The average Bonchev–Trinajstić information content (AvgIpc) is 2.93. The van der Waals surface area contributed by atoms with Gasteiger partial charge in [-0.05, 0) is 31.7 Å². The summed E-state index contributed by atoms with van der Waals surface area (Å²) in [5.74, 6) is -0.377. The molecule has 0 saturated heterocycles. The highest BCUT2D eigenvalue weighted by molar-refractivity contribution is 14.1. The van der Waals surface area contributed by atoms with Crippen molar-refractivity contribution in [2.24, 2.45) is 0 Å². The van der Waals surface area contributed by atoms with Crippen molar-refractivity contribution in [3.05, 3.63) is 59.7 Å². The summed E-state index contributed by atoms with van der Waals surface area (Å²) in [4.78, 5) is 12.1. The fraction of sp³-hybridized carbons (Fsp3) is 0.278. The van der Waals surface area contributed by atoms with Crippen LogP contribution in [0, 0.1) is 0 Å². The molecule has 3 rings (SSSR count). The lowest BCUT2D eigenvalue weighted by Crippen LogP contribution is -2.18. The number of carbonyl (C=O) groups excluding carboxylic acids is 1. The maximum absolute atomic E-state index is 12.1. The molecule has 0 amide bonds. The first-order chi connectivity index (χ1) is 12.0. The number of rotatable bonds is 6. The summed E-state index contributed by atoms with van der Waals surface area (Å²) in [6.07, 6.45) is 0. The van der Waals surface area contributed by atoms with Crippen LogP contribution in [0.25, 0.3) is 11.1 Å². The van der Waals surface area contributed by atoms with E-state index in [0.717, 1.165) is 0 Å². The van der Waals surface area contributed by atoms with Crippen LogP contribution in [-0.2, 0) is 4.74 Å². The van der Waals surface area contributed by atoms with Crippen molar-refractivity contribution in [2.75, 3.05) is 6.61 Å². The van der Waals surface area contributed by atoms with E-state index >= 15 is 0 Å². The first-order valence-electron chi connectivity index (χ1n) is 8.30. The van der Waals surface area contributed by atoms with Crippen molar-refractivity contribution in [1.29, 1.82) is 1.28 Å². The van der Waals surface area contributed by atoms with Crippen LogP contribution < -0.4 is 0 Å². The van der Waals surface area contributed by atoms with E-state index in [9.17, 15) is 4.79 Å². The van der Waals surface area contributed by atoms with Gasteiger partial charge in [-0.15, -0.1) is 8.40 Å². The summed E-state index contributed by atoms with van der Waals surface area (Å²) < 4.78 is 13.4. The Morgan fingerprint density at radius 2 is 1.83 bits per heavy atom. The number of fused-ring (bicyclic) bond motifs is 3. The van der Waals surface area contributed by atoms with E-state index in [1.54, 1.807) is 0 Å². The molecule has 3 unspecified atom stereocenters. The average molecular weight is 446 g/mol. The van der Waals surface area contributed by atoms with Crippen molar-refractivity contribution < 1.29 is 9.53 Å². The third-order valence-electron chi connectivity index (χ3n) is 4.23. The normalized spacial score (nSPS) is 17.2. The third-order valence-corrected chi connectivity index (χ3v) is 7.03. The van der Waals surface area contributed by atoms with E-state index in [-0.39, 0.29) is 22.0 Å². The van der Waals surface area contributed by atoms with Crippen LogP contribution in [0.15, 0.2) is 48.5 Å². The van der Waals surface area contributed by atoms with Crippen LogP contribution in [0.1, 0.15) is 24.0 Å². The van der Waals surface area contributed by atoms with Crippen molar-refractivity contribution in [3.8, 4) is 11.1 Å². The second-order valence-electron chi connectivity index (χ2n) is 5.82. The lowest BCUT2D eigenvalue weighted by molar-refractivity contribution is 0.169. The predicted molar refractivity (Wildman–Crippen MR) is 112 cm³/mol. The topological polar surface area (TPSA) is 26.3 Å². The SMILES string of the molecule is [2H]P([B]C(=O)OCC1c2ccccc2-c2ccccc21)C(C)C([B])I. The summed E-state index contributed by atoms with van der Waals surface area (Å²) in [5.41, 5.74) is 4.74. The van der Waals surface area contributed by atoms with Gasteiger partial charge in [-0.2, -0.15) is 0 Å². The fourth-order valence-electron chi connectivity index (χ4n) is 2.90. The molecule has 1 aliphatic carbocycles. The molecule has 0 heterocycles. The minimum Gasteiger partial charge on any atom is -0.473 e. The number of ether oxygens (including phenoxy) is 1. The molecule has 0 saturated carbocycles. The van der Waals surface area contributed by atoms with Gasteiger partial charge in [0.25, 0.3) is 12.9 Å². The largest absolute Gasteiger partial charge is 0.473 e. The Morgan fingerprint density at radius 3 is 2.38 bits per heavy atom. The zero-order valence-corrected chi connectivity index (χ0v) is 16.4. The van der Waals surface area contributed by atoms with Gasteiger partial charge in [0, 0.05) is 7.20 Å². The lowest BCUT2D eigenvalue weighted by Gasteiger charge is -2.16. The van der Waals surface area contributed by atoms with E-state index < -0.39 is 14.3 Å². The number of hydrogen-bond donors (Lipinski definition) is 0. The van der Waals surface area contributed by atoms with Gasteiger partial charge in [0.2, 0.25) is 0 Å². The number of carbonyl (C=O) groups is 1. The Morgan fingerprint density at radius 1 is 1.29 bits per heavy atom. The quantitative estimate of drug-likeness (QED) is 0.282. The van der Waals surface area contributed by atoms with Gasteiger partial charge in [-0.1, -0.05) is 78.0 Å². The van der Waals surface area contributed by atoms with Crippen molar-refractivity contribution in [3.63, 3.8) is 0 Å². The second-order valence-corrected chi connectivity index (χ2v) is 8.63. The van der Waals surface area contributed by atoms with E-state index in [0.29, 0.717) is 0 Å². The molecule has 3 radical (unpaired) electrons. The Bertz CT molecular complexity index is 729. The van der Waals surface area contributed by atoms with Gasteiger partial charge in [-0.3, -0.25) is 4.79 Å². The molecule has 119 valence electrons. The summed E-state index contributed by atoms with van der Waals surface area (Å²) in [6.45, 7) is 3.56. The smallest absolute Gasteiger partial charge is 0.291 e. The Hall–Kier alpha value is -0.800. The van der Waals surface area contributed by atoms with Crippen LogP contribution in [0.5, 0.6) is 0 Å². The minimum absolute atomic E-state index is 0.0453. The monoisotopic (exact) mass is 446 g/mol. The van der Waals surface area contributed by atoms with Gasteiger partial charge in [0.05, 0.1) is 7.85 Å². The van der Waals surface area contributed by atoms with E-state index in [2.05, 4.69) is 46.9 Å². The molecule has 6 heteroatoms. The molecule has 1 aliphatic rings. The number of alkyl halides is 1. The van der Waals surface area contributed by atoms with E-state index in [1.807, 2.05) is 31.2 Å². The lowest BCUT2D eigenvalue weighted by atomic mass is 9.98. The Balaban J connectivity index is 1.68. The van der Waals surface area contributed by atoms with Gasteiger partial charge in [-0.25, -0.2) is 0 Å². The van der Waals surface area contributed by atoms with Gasteiger partial charge >= 0.3 is 0 Å². The predicted octanol–water partition coefficient (Wildman–Crippen LogP) is 4.55. The molecule has 0 aromatic heterocycles. The van der Waals surface area contributed by atoms with Gasteiger partial charge < -0.3 is 4.74 Å². The summed E-state index contributed by atoms with van der Waals surface area (Å²) in [7, 11) is 4.47. The van der Waals surface area contributed by atoms with Crippen LogP contribution in [0.4, 0.5) is 4.79 Å². The molecule has 2 aromatic rings. The molecule has 3 atom stereocenters. The maximum Gasteiger partial charge on any atom is 0.291 e. The minimum atomic E-state index is -1.33. The summed E-state index contributed by atoms with van der Waals surface area (Å²) in [6, 6.07) is 16.5. The molecule has 24 heavy (non-hydrogen) atoms. The van der Waals surface area contributed by atoms with Crippen LogP contribution in [-0.4, -0.2) is 38.1 Å². The van der Waals surface area contributed by atoms with Crippen LogP contribution in [0.3, 0.4) is 0 Å². The van der Waals surface area contributed by atoms with Gasteiger partial charge in [0.15, 0.2) is 0 Å². The molecule has 0 N–H and O–H groups in total. The van der Waals surface area contributed by atoms with E-state index in [1.165, 1.54) is 29.3 Å². The number of halogens is 1. The third kappa shape index (κ3) is 3.88. The first kappa shape index (κ1) is 16.7. The van der Waals surface area contributed by atoms with Crippen molar-refractivity contribution >= 4 is 51.7 Å². The molecular weight excluding hydrogens is 428 g/mol. The highest BCUT2D eigenvalue weighted by Crippen LogP contribution is 2.44. The zero-order chi connectivity index (χ0) is 18.0.